The summed E-state index contributed by atoms with van der Waals surface area (Å²) in [5.74, 6) is 2.33. The second kappa shape index (κ2) is 5.52. The lowest BCUT2D eigenvalue weighted by Crippen LogP contribution is -2.58. The SMILES string of the molecule is CC(=O)[C@@H]1CC[C@@H]2[C@H]3C[C@H](C)C4=CC(=O)CC[C@]4(C)[C@@H]3[C@@H](O)C[C@@]21C. The monoisotopic (exact) mass is 344 g/mol. The van der Waals surface area contributed by atoms with Crippen LogP contribution >= 0.6 is 0 Å². The number of aliphatic hydroxyl groups is 1. The van der Waals surface area contributed by atoms with Crippen molar-refractivity contribution in [2.45, 2.75) is 72.3 Å². The topological polar surface area (TPSA) is 54.4 Å². The molecule has 0 aromatic carbocycles. The van der Waals surface area contributed by atoms with E-state index in [2.05, 4.69) is 20.8 Å². The summed E-state index contributed by atoms with van der Waals surface area (Å²) in [6, 6.07) is 0. The molecule has 0 aromatic heterocycles. The van der Waals surface area contributed by atoms with Crippen LogP contribution in [0.5, 0.6) is 0 Å². The first-order chi connectivity index (χ1) is 11.7. The zero-order valence-corrected chi connectivity index (χ0v) is 16.0. The quantitative estimate of drug-likeness (QED) is 0.784. The van der Waals surface area contributed by atoms with E-state index in [1.807, 2.05) is 6.08 Å². The first-order valence-electron chi connectivity index (χ1n) is 10.1. The highest BCUT2D eigenvalue weighted by Crippen LogP contribution is 2.67. The fourth-order valence-electron chi connectivity index (χ4n) is 7.79. The Morgan fingerprint density at radius 1 is 1.28 bits per heavy atom. The van der Waals surface area contributed by atoms with Gasteiger partial charge in [0.05, 0.1) is 6.10 Å². The van der Waals surface area contributed by atoms with Crippen LogP contribution in [0.1, 0.15) is 66.2 Å². The van der Waals surface area contributed by atoms with Crippen LogP contribution in [0.4, 0.5) is 0 Å². The van der Waals surface area contributed by atoms with Gasteiger partial charge in [-0.3, -0.25) is 9.59 Å². The van der Waals surface area contributed by atoms with Gasteiger partial charge < -0.3 is 5.11 Å². The van der Waals surface area contributed by atoms with E-state index in [0.29, 0.717) is 30.0 Å². The van der Waals surface area contributed by atoms with Gasteiger partial charge in [0.2, 0.25) is 0 Å². The normalized spacial score (nSPS) is 52.0. The van der Waals surface area contributed by atoms with Crippen LogP contribution in [0.25, 0.3) is 0 Å². The van der Waals surface area contributed by atoms with Gasteiger partial charge in [0, 0.05) is 12.3 Å². The first kappa shape index (κ1) is 17.5. The van der Waals surface area contributed by atoms with Crippen LogP contribution in [0.3, 0.4) is 0 Å². The molecule has 0 unspecified atom stereocenters. The molecule has 0 spiro atoms. The molecule has 3 saturated carbocycles. The van der Waals surface area contributed by atoms with Crippen molar-refractivity contribution in [3.8, 4) is 0 Å². The summed E-state index contributed by atoms with van der Waals surface area (Å²) in [4.78, 5) is 24.3. The molecule has 0 heterocycles. The molecular weight excluding hydrogens is 312 g/mol. The van der Waals surface area contributed by atoms with E-state index >= 15 is 0 Å². The van der Waals surface area contributed by atoms with Gasteiger partial charge in [-0.25, -0.2) is 0 Å². The molecular formula is C22H32O3. The maximum absolute atomic E-state index is 12.2. The lowest BCUT2D eigenvalue weighted by Gasteiger charge is -2.61. The maximum atomic E-state index is 12.2. The molecule has 0 bridgehead atoms. The molecule has 25 heavy (non-hydrogen) atoms. The second-order valence-electron chi connectivity index (χ2n) is 9.93. The molecule has 3 fully saturated rings. The Balaban J connectivity index is 1.76. The number of aliphatic hydroxyl groups excluding tert-OH is 1. The van der Waals surface area contributed by atoms with Gasteiger partial charge in [0.25, 0.3) is 0 Å². The van der Waals surface area contributed by atoms with Crippen molar-refractivity contribution >= 4 is 11.6 Å². The van der Waals surface area contributed by atoms with Crippen molar-refractivity contribution in [3.63, 3.8) is 0 Å². The minimum absolute atomic E-state index is 0.0474. The number of fused-ring (bicyclic) bond motifs is 5. The minimum Gasteiger partial charge on any atom is -0.393 e. The van der Waals surface area contributed by atoms with Gasteiger partial charge >= 0.3 is 0 Å². The van der Waals surface area contributed by atoms with Crippen LogP contribution in [-0.2, 0) is 9.59 Å². The highest BCUT2D eigenvalue weighted by atomic mass is 16.3. The molecule has 0 aliphatic heterocycles. The molecule has 1 N–H and O–H groups in total. The molecule has 4 rings (SSSR count). The average molecular weight is 344 g/mol. The fourth-order valence-corrected chi connectivity index (χ4v) is 7.79. The molecule has 3 heteroatoms. The Bertz CT molecular complexity index is 650. The average Bonchev–Trinajstić information content (AvgIpc) is 2.85. The minimum atomic E-state index is -0.361. The van der Waals surface area contributed by atoms with Crippen molar-refractivity contribution in [2.75, 3.05) is 0 Å². The molecule has 0 amide bonds. The first-order valence-corrected chi connectivity index (χ1v) is 10.1. The van der Waals surface area contributed by atoms with Gasteiger partial charge in [-0.2, -0.15) is 0 Å². The highest BCUT2D eigenvalue weighted by Gasteiger charge is 2.63. The lowest BCUT2D eigenvalue weighted by atomic mass is 9.44. The molecule has 4 aliphatic carbocycles. The Morgan fingerprint density at radius 2 is 2.00 bits per heavy atom. The van der Waals surface area contributed by atoms with Crippen LogP contribution in [0, 0.1) is 40.4 Å². The second-order valence-corrected chi connectivity index (χ2v) is 9.93. The molecule has 0 aromatic rings. The van der Waals surface area contributed by atoms with Gasteiger partial charge in [-0.1, -0.05) is 26.3 Å². The van der Waals surface area contributed by atoms with E-state index in [1.54, 1.807) is 6.92 Å². The van der Waals surface area contributed by atoms with Gasteiger partial charge in [0.15, 0.2) is 5.78 Å². The van der Waals surface area contributed by atoms with Gasteiger partial charge in [-0.15, -0.1) is 0 Å². The molecule has 0 radical (unpaired) electrons. The Kier molecular flexibility index (Phi) is 3.85. The predicted octanol–water partition coefficient (Wildman–Crippen LogP) is 3.94. The third kappa shape index (κ3) is 2.27. The highest BCUT2D eigenvalue weighted by molar-refractivity contribution is 5.91. The van der Waals surface area contributed by atoms with Crippen molar-refractivity contribution in [3.05, 3.63) is 11.6 Å². The third-order valence-corrected chi connectivity index (χ3v) is 8.70. The van der Waals surface area contributed by atoms with Crippen molar-refractivity contribution in [1.29, 1.82) is 0 Å². The fraction of sp³-hybridized carbons (Fsp3) is 0.818. The predicted molar refractivity (Wildman–Crippen MR) is 96.8 cm³/mol. The zero-order valence-electron chi connectivity index (χ0n) is 16.0. The number of rotatable bonds is 1. The van der Waals surface area contributed by atoms with Crippen LogP contribution in [-0.4, -0.2) is 22.8 Å². The van der Waals surface area contributed by atoms with E-state index in [0.717, 1.165) is 32.1 Å². The summed E-state index contributed by atoms with van der Waals surface area (Å²) in [6.07, 6.45) is 6.93. The van der Waals surface area contributed by atoms with Crippen LogP contribution in [0.2, 0.25) is 0 Å². The van der Waals surface area contributed by atoms with E-state index in [1.165, 1.54) is 5.57 Å². The number of Topliss-reactive ketones (excluding diaryl/α,β-unsaturated/α-hetero) is 1. The van der Waals surface area contributed by atoms with E-state index < -0.39 is 0 Å². The van der Waals surface area contributed by atoms with E-state index in [9.17, 15) is 14.7 Å². The molecule has 8 atom stereocenters. The number of ketones is 2. The summed E-state index contributed by atoms with van der Waals surface area (Å²) in [6.45, 7) is 8.55. The largest absolute Gasteiger partial charge is 0.393 e. The van der Waals surface area contributed by atoms with Crippen LogP contribution in [0.15, 0.2) is 11.6 Å². The van der Waals surface area contributed by atoms with Crippen molar-refractivity contribution < 1.29 is 14.7 Å². The molecule has 0 saturated heterocycles. The summed E-state index contributed by atoms with van der Waals surface area (Å²) in [5.41, 5.74) is 1.19. The van der Waals surface area contributed by atoms with Crippen molar-refractivity contribution in [2.24, 2.45) is 40.4 Å². The number of carbonyl (C=O) groups is 2. The third-order valence-electron chi connectivity index (χ3n) is 8.70. The molecule has 3 nitrogen and oxygen atoms in total. The molecule has 138 valence electrons. The lowest BCUT2D eigenvalue weighted by molar-refractivity contribution is -0.147. The summed E-state index contributed by atoms with van der Waals surface area (Å²) >= 11 is 0. The van der Waals surface area contributed by atoms with Crippen LogP contribution < -0.4 is 0 Å². The Labute approximate surface area is 151 Å². The van der Waals surface area contributed by atoms with Crippen molar-refractivity contribution in [1.82, 2.24) is 0 Å². The number of carbonyl (C=O) groups excluding carboxylic acids is 2. The Morgan fingerprint density at radius 3 is 2.68 bits per heavy atom. The summed E-state index contributed by atoms with van der Waals surface area (Å²) < 4.78 is 0. The summed E-state index contributed by atoms with van der Waals surface area (Å²) in [7, 11) is 0. The van der Waals surface area contributed by atoms with Gasteiger partial charge in [-0.05, 0) is 79.6 Å². The summed E-state index contributed by atoms with van der Waals surface area (Å²) in [5, 5.41) is 11.2. The van der Waals surface area contributed by atoms with Gasteiger partial charge in [0.1, 0.15) is 5.78 Å². The van der Waals surface area contributed by atoms with E-state index in [4.69, 9.17) is 0 Å². The smallest absolute Gasteiger partial charge is 0.155 e. The zero-order chi connectivity index (χ0) is 18.1. The maximum Gasteiger partial charge on any atom is 0.155 e. The van der Waals surface area contributed by atoms with E-state index in [-0.39, 0.29) is 34.6 Å². The number of allylic oxidation sites excluding steroid dienone is 1. The Hall–Kier alpha value is -0.960. The number of hydrogen-bond donors (Lipinski definition) is 1. The standard InChI is InChI=1S/C22H32O3/c1-12-9-15-17-6-5-16(13(2)23)22(17,4)11-19(25)20(15)21(3)8-7-14(24)10-18(12)21/h10,12,15-17,19-20,25H,5-9,11H2,1-4H3/t12-,15+,16-,17+,19-,20-,21-,22+/m0/s1. The molecule has 4 aliphatic rings. The number of hydrogen-bond acceptors (Lipinski definition) is 3.